The van der Waals surface area contributed by atoms with Crippen LogP contribution in [-0.4, -0.2) is 6.03 Å². The Morgan fingerprint density at radius 3 is 2.40 bits per heavy atom. The molecule has 0 radical (unpaired) electrons. The number of hydrogen-bond donors (Lipinski definition) is 3. The highest BCUT2D eigenvalue weighted by Crippen LogP contribution is 2.19. The van der Waals surface area contributed by atoms with E-state index in [-0.39, 0.29) is 5.82 Å². The lowest BCUT2D eigenvalue weighted by Crippen LogP contribution is -2.19. The maximum absolute atomic E-state index is 12.9. The van der Waals surface area contributed by atoms with E-state index in [1.165, 1.54) is 12.1 Å². The molecule has 0 aliphatic carbocycles. The van der Waals surface area contributed by atoms with Gasteiger partial charge >= 0.3 is 6.03 Å². The first kappa shape index (κ1) is 14.1. The highest BCUT2D eigenvalue weighted by Gasteiger charge is 2.02. The Kier molecular flexibility index (Phi) is 4.42. The number of urea groups is 1. The molecule has 104 valence electrons. The molecule has 0 spiro atoms. The van der Waals surface area contributed by atoms with E-state index >= 15 is 0 Å². The summed E-state index contributed by atoms with van der Waals surface area (Å²) in [5.41, 5.74) is 7.27. The van der Waals surface area contributed by atoms with E-state index in [1.54, 1.807) is 30.3 Å². The molecule has 4 N–H and O–H groups in total. The second-order valence-electron chi connectivity index (χ2n) is 4.16. The lowest BCUT2D eigenvalue weighted by atomic mass is 10.2. The van der Waals surface area contributed by atoms with Gasteiger partial charge in [-0.3, -0.25) is 0 Å². The number of amides is 2. The van der Waals surface area contributed by atoms with E-state index in [1.807, 2.05) is 0 Å². The van der Waals surface area contributed by atoms with Gasteiger partial charge in [0.1, 0.15) is 5.82 Å². The van der Waals surface area contributed by atoms with Crippen molar-refractivity contribution in [1.29, 1.82) is 0 Å². The van der Waals surface area contributed by atoms with Crippen LogP contribution in [0, 0.1) is 5.82 Å². The number of primary amides is 1. The third kappa shape index (κ3) is 3.86. The SMILES string of the molecule is NC(=O)Nc1ccc(NCc2ccc(F)cc2Cl)cc1. The summed E-state index contributed by atoms with van der Waals surface area (Å²) >= 11 is 5.94. The zero-order valence-corrected chi connectivity index (χ0v) is 11.2. The molecule has 0 unspecified atom stereocenters. The highest BCUT2D eigenvalue weighted by atomic mass is 35.5. The quantitative estimate of drug-likeness (QED) is 0.806. The minimum atomic E-state index is -0.608. The highest BCUT2D eigenvalue weighted by molar-refractivity contribution is 6.31. The molecule has 2 aromatic rings. The average Bonchev–Trinajstić information content (AvgIpc) is 2.39. The maximum atomic E-state index is 12.9. The van der Waals surface area contributed by atoms with E-state index in [0.717, 1.165) is 11.3 Å². The monoisotopic (exact) mass is 293 g/mol. The molecular weight excluding hydrogens is 281 g/mol. The minimum Gasteiger partial charge on any atom is -0.381 e. The fourth-order valence-corrected chi connectivity index (χ4v) is 1.91. The van der Waals surface area contributed by atoms with E-state index in [9.17, 15) is 9.18 Å². The largest absolute Gasteiger partial charge is 0.381 e. The Hall–Kier alpha value is -2.27. The van der Waals surface area contributed by atoms with Gasteiger partial charge in [-0.05, 0) is 42.0 Å². The maximum Gasteiger partial charge on any atom is 0.316 e. The van der Waals surface area contributed by atoms with Gasteiger partial charge in [0.15, 0.2) is 0 Å². The van der Waals surface area contributed by atoms with Crippen molar-refractivity contribution in [3.8, 4) is 0 Å². The number of halogens is 2. The topological polar surface area (TPSA) is 67.2 Å². The summed E-state index contributed by atoms with van der Waals surface area (Å²) in [6.45, 7) is 0.474. The van der Waals surface area contributed by atoms with Gasteiger partial charge in [-0.2, -0.15) is 0 Å². The van der Waals surface area contributed by atoms with Gasteiger partial charge in [0.2, 0.25) is 0 Å². The predicted octanol–water partition coefficient (Wildman–Crippen LogP) is 3.58. The molecule has 0 aromatic heterocycles. The van der Waals surface area contributed by atoms with Crippen molar-refractivity contribution in [2.75, 3.05) is 10.6 Å². The van der Waals surface area contributed by atoms with Crippen LogP contribution in [0.4, 0.5) is 20.6 Å². The molecule has 0 aliphatic rings. The van der Waals surface area contributed by atoms with Gasteiger partial charge in [0.05, 0.1) is 0 Å². The summed E-state index contributed by atoms with van der Waals surface area (Å²) in [7, 11) is 0. The van der Waals surface area contributed by atoms with Crippen LogP contribution in [-0.2, 0) is 6.54 Å². The molecule has 0 saturated heterocycles. The van der Waals surface area contributed by atoms with E-state index in [0.29, 0.717) is 17.3 Å². The van der Waals surface area contributed by atoms with Crippen molar-refractivity contribution in [1.82, 2.24) is 0 Å². The molecule has 6 heteroatoms. The van der Waals surface area contributed by atoms with Crippen LogP contribution in [0.3, 0.4) is 0 Å². The molecule has 2 amide bonds. The van der Waals surface area contributed by atoms with Gasteiger partial charge in [-0.1, -0.05) is 17.7 Å². The van der Waals surface area contributed by atoms with Crippen LogP contribution >= 0.6 is 11.6 Å². The predicted molar refractivity (Wildman–Crippen MR) is 78.4 cm³/mol. The number of benzene rings is 2. The number of carbonyl (C=O) groups excluding carboxylic acids is 1. The van der Waals surface area contributed by atoms with Crippen LogP contribution in [0.2, 0.25) is 5.02 Å². The van der Waals surface area contributed by atoms with E-state index in [2.05, 4.69) is 10.6 Å². The van der Waals surface area contributed by atoms with Crippen LogP contribution in [0.15, 0.2) is 42.5 Å². The first-order valence-corrected chi connectivity index (χ1v) is 6.27. The summed E-state index contributed by atoms with van der Waals surface area (Å²) in [4.78, 5) is 10.7. The molecule has 20 heavy (non-hydrogen) atoms. The molecule has 2 aromatic carbocycles. The van der Waals surface area contributed by atoms with Gasteiger partial charge in [-0.25, -0.2) is 9.18 Å². The minimum absolute atomic E-state index is 0.361. The smallest absolute Gasteiger partial charge is 0.316 e. The first-order chi connectivity index (χ1) is 9.54. The third-order valence-electron chi connectivity index (χ3n) is 2.65. The van der Waals surface area contributed by atoms with E-state index < -0.39 is 6.03 Å². The molecule has 4 nitrogen and oxygen atoms in total. The number of hydrogen-bond acceptors (Lipinski definition) is 2. The van der Waals surface area contributed by atoms with Gasteiger partial charge in [-0.15, -0.1) is 0 Å². The fraction of sp³-hybridized carbons (Fsp3) is 0.0714. The Morgan fingerprint density at radius 2 is 1.80 bits per heavy atom. The lowest BCUT2D eigenvalue weighted by molar-refractivity contribution is 0.259. The second kappa shape index (κ2) is 6.25. The molecule has 0 bridgehead atoms. The Bertz CT molecular complexity index is 616. The summed E-state index contributed by atoms with van der Waals surface area (Å²) in [6.07, 6.45) is 0. The lowest BCUT2D eigenvalue weighted by Gasteiger charge is -2.09. The van der Waals surface area contributed by atoms with Crippen molar-refractivity contribution < 1.29 is 9.18 Å². The summed E-state index contributed by atoms with van der Waals surface area (Å²) in [6, 6.07) is 10.7. The number of nitrogens with one attached hydrogen (secondary N) is 2. The standard InChI is InChI=1S/C14H13ClFN3O/c15-13-7-10(16)2-1-9(13)8-18-11-3-5-12(6-4-11)19-14(17)20/h1-7,18H,8H2,(H3,17,19,20). The van der Waals surface area contributed by atoms with Crippen LogP contribution in [0.5, 0.6) is 0 Å². The van der Waals surface area contributed by atoms with E-state index in [4.69, 9.17) is 17.3 Å². The summed E-state index contributed by atoms with van der Waals surface area (Å²) in [5.74, 6) is -0.361. The molecule has 0 fully saturated rings. The van der Waals surface area contributed by atoms with Crippen LogP contribution < -0.4 is 16.4 Å². The first-order valence-electron chi connectivity index (χ1n) is 5.89. The number of rotatable bonds is 4. The van der Waals surface area contributed by atoms with Gasteiger partial charge in [0, 0.05) is 22.9 Å². The van der Waals surface area contributed by atoms with Crippen molar-refractivity contribution in [2.24, 2.45) is 5.73 Å². The second-order valence-corrected chi connectivity index (χ2v) is 4.56. The molecule has 0 heterocycles. The number of carbonyl (C=O) groups is 1. The normalized spacial score (nSPS) is 10.1. The zero-order valence-electron chi connectivity index (χ0n) is 10.5. The summed E-state index contributed by atoms with van der Waals surface area (Å²) in [5, 5.41) is 6.00. The number of nitrogens with two attached hydrogens (primary N) is 1. The molecule has 0 aliphatic heterocycles. The third-order valence-corrected chi connectivity index (χ3v) is 3.00. The van der Waals surface area contributed by atoms with Crippen molar-refractivity contribution in [3.05, 3.63) is 58.9 Å². The van der Waals surface area contributed by atoms with Gasteiger partial charge in [0.25, 0.3) is 0 Å². The van der Waals surface area contributed by atoms with Crippen LogP contribution in [0.25, 0.3) is 0 Å². The van der Waals surface area contributed by atoms with Crippen molar-refractivity contribution >= 4 is 29.0 Å². The Morgan fingerprint density at radius 1 is 1.15 bits per heavy atom. The average molecular weight is 294 g/mol. The molecule has 0 saturated carbocycles. The Labute approximate surface area is 120 Å². The summed E-state index contributed by atoms with van der Waals surface area (Å²) < 4.78 is 12.9. The van der Waals surface area contributed by atoms with Gasteiger partial charge < -0.3 is 16.4 Å². The number of anilines is 2. The molecule has 2 rings (SSSR count). The van der Waals surface area contributed by atoms with Crippen LogP contribution in [0.1, 0.15) is 5.56 Å². The zero-order chi connectivity index (χ0) is 14.5. The molecule has 0 atom stereocenters. The van der Waals surface area contributed by atoms with Crippen molar-refractivity contribution in [3.63, 3.8) is 0 Å². The molecular formula is C14H13ClFN3O. The fourth-order valence-electron chi connectivity index (χ4n) is 1.68. The van der Waals surface area contributed by atoms with Crippen molar-refractivity contribution in [2.45, 2.75) is 6.54 Å². The Balaban J connectivity index is 1.98.